The lowest BCUT2D eigenvalue weighted by molar-refractivity contribution is 0.249. The van der Waals surface area contributed by atoms with E-state index in [4.69, 9.17) is 0 Å². The van der Waals surface area contributed by atoms with Crippen LogP contribution in [0.3, 0.4) is 0 Å². The maximum absolute atomic E-state index is 12.1. The molecule has 0 bridgehead atoms. The number of pyridine rings is 1. The number of aromatic nitrogens is 1. The number of nitrogens with one attached hydrogen (secondary N) is 2. The van der Waals surface area contributed by atoms with Gasteiger partial charge in [0.25, 0.3) is 0 Å². The van der Waals surface area contributed by atoms with Gasteiger partial charge in [0.1, 0.15) is 0 Å². The van der Waals surface area contributed by atoms with Gasteiger partial charge in [0.15, 0.2) is 0 Å². The molecule has 2 amide bonds. The molecule has 1 aliphatic rings. The first-order valence-electron chi connectivity index (χ1n) is 8.92. The van der Waals surface area contributed by atoms with Gasteiger partial charge in [-0.2, -0.15) is 0 Å². The fourth-order valence-electron chi connectivity index (χ4n) is 3.23. The molecule has 3 rings (SSSR count). The first-order chi connectivity index (χ1) is 12.2. The Morgan fingerprint density at radius 2 is 2.12 bits per heavy atom. The molecule has 2 aromatic rings. The predicted octanol–water partition coefficient (Wildman–Crippen LogP) is 3.08. The van der Waals surface area contributed by atoms with E-state index in [-0.39, 0.29) is 6.03 Å². The third-order valence-electron chi connectivity index (χ3n) is 4.75. The summed E-state index contributed by atoms with van der Waals surface area (Å²) in [4.78, 5) is 18.6. The van der Waals surface area contributed by atoms with Gasteiger partial charge in [0.2, 0.25) is 0 Å². The number of likely N-dealkylation sites (tertiary alicyclic amines) is 1. The summed E-state index contributed by atoms with van der Waals surface area (Å²) in [6, 6.07) is 12.3. The minimum atomic E-state index is -0.142. The smallest absolute Gasteiger partial charge is 0.319 e. The van der Waals surface area contributed by atoms with E-state index in [1.165, 1.54) is 5.56 Å². The summed E-state index contributed by atoms with van der Waals surface area (Å²) in [7, 11) is 0. The van der Waals surface area contributed by atoms with Gasteiger partial charge in [-0.15, -0.1) is 0 Å². The Hall–Kier alpha value is -2.40. The Morgan fingerprint density at radius 1 is 1.28 bits per heavy atom. The lowest BCUT2D eigenvalue weighted by atomic mass is 10.1. The summed E-state index contributed by atoms with van der Waals surface area (Å²) in [6.07, 6.45) is 5.66. The second kappa shape index (κ2) is 8.62. The number of aryl methyl sites for hydroxylation is 1. The fourth-order valence-corrected chi connectivity index (χ4v) is 3.23. The quantitative estimate of drug-likeness (QED) is 0.851. The van der Waals surface area contributed by atoms with Crippen molar-refractivity contribution in [1.29, 1.82) is 0 Å². The molecule has 5 nitrogen and oxygen atoms in total. The number of hydrogen-bond donors (Lipinski definition) is 2. The zero-order chi connectivity index (χ0) is 17.5. The lowest BCUT2D eigenvalue weighted by Gasteiger charge is -2.16. The molecule has 1 aromatic heterocycles. The Morgan fingerprint density at radius 3 is 2.92 bits per heavy atom. The van der Waals surface area contributed by atoms with Crippen LogP contribution in [0.5, 0.6) is 0 Å². The predicted molar refractivity (Wildman–Crippen MR) is 101 cm³/mol. The zero-order valence-corrected chi connectivity index (χ0v) is 14.7. The second-order valence-electron chi connectivity index (χ2n) is 6.72. The van der Waals surface area contributed by atoms with Gasteiger partial charge >= 0.3 is 6.03 Å². The van der Waals surface area contributed by atoms with E-state index in [1.54, 1.807) is 12.4 Å². The molecule has 1 aromatic carbocycles. The molecule has 1 saturated heterocycles. The topological polar surface area (TPSA) is 57.3 Å². The molecular weight excluding hydrogens is 312 g/mol. The number of anilines is 1. The van der Waals surface area contributed by atoms with E-state index >= 15 is 0 Å². The summed E-state index contributed by atoms with van der Waals surface area (Å²) in [5.74, 6) is 0.528. The number of benzene rings is 1. The lowest BCUT2D eigenvalue weighted by Crippen LogP contribution is -2.34. The second-order valence-corrected chi connectivity index (χ2v) is 6.72. The van der Waals surface area contributed by atoms with E-state index in [0.717, 1.165) is 50.3 Å². The molecular formula is C20H26N4O. The Labute approximate surface area is 149 Å². The van der Waals surface area contributed by atoms with Gasteiger partial charge in [-0.3, -0.25) is 4.98 Å². The van der Waals surface area contributed by atoms with Crippen molar-refractivity contribution in [1.82, 2.24) is 15.2 Å². The molecule has 2 heterocycles. The average Bonchev–Trinajstić information content (AvgIpc) is 3.09. The number of carbonyl (C=O) groups is 1. The molecule has 25 heavy (non-hydrogen) atoms. The van der Waals surface area contributed by atoms with Crippen molar-refractivity contribution in [3.63, 3.8) is 0 Å². The largest absolute Gasteiger partial charge is 0.338 e. The van der Waals surface area contributed by atoms with Crippen LogP contribution >= 0.6 is 0 Å². The van der Waals surface area contributed by atoms with E-state index in [1.807, 2.05) is 13.0 Å². The van der Waals surface area contributed by atoms with Crippen LogP contribution in [-0.4, -0.2) is 42.1 Å². The number of carbonyl (C=O) groups excluding carboxylic acids is 1. The van der Waals surface area contributed by atoms with E-state index in [0.29, 0.717) is 5.92 Å². The highest BCUT2D eigenvalue weighted by Crippen LogP contribution is 2.16. The molecule has 1 atom stereocenters. The van der Waals surface area contributed by atoms with Gasteiger partial charge in [-0.05, 0) is 49.4 Å². The monoisotopic (exact) mass is 338 g/mol. The number of amides is 2. The molecule has 1 unspecified atom stereocenters. The molecule has 0 aliphatic carbocycles. The van der Waals surface area contributed by atoms with Crippen molar-refractivity contribution in [2.24, 2.45) is 5.92 Å². The van der Waals surface area contributed by atoms with Crippen molar-refractivity contribution in [3.05, 3.63) is 59.9 Å². The molecule has 0 saturated carbocycles. The highest BCUT2D eigenvalue weighted by Gasteiger charge is 2.22. The number of nitrogens with zero attached hydrogens (tertiary/aromatic N) is 2. The molecule has 0 radical (unpaired) electrons. The van der Waals surface area contributed by atoms with Gasteiger partial charge in [-0.25, -0.2) is 4.79 Å². The molecule has 1 fully saturated rings. The average molecular weight is 338 g/mol. The third kappa shape index (κ3) is 5.29. The molecule has 132 valence electrons. The molecule has 5 heteroatoms. The van der Waals surface area contributed by atoms with Crippen molar-refractivity contribution < 1.29 is 4.79 Å². The number of hydrogen-bond acceptors (Lipinski definition) is 3. The van der Waals surface area contributed by atoms with E-state index in [9.17, 15) is 4.79 Å². The Bertz CT molecular complexity index is 689. The van der Waals surface area contributed by atoms with E-state index < -0.39 is 0 Å². The normalized spacial score (nSPS) is 17.4. The van der Waals surface area contributed by atoms with Crippen LogP contribution in [0.25, 0.3) is 0 Å². The maximum atomic E-state index is 12.1. The third-order valence-corrected chi connectivity index (χ3v) is 4.75. The van der Waals surface area contributed by atoms with E-state index in [2.05, 4.69) is 50.8 Å². The summed E-state index contributed by atoms with van der Waals surface area (Å²) >= 11 is 0. The first-order valence-corrected chi connectivity index (χ1v) is 8.92. The van der Waals surface area contributed by atoms with Gasteiger partial charge in [-0.1, -0.05) is 30.3 Å². The van der Waals surface area contributed by atoms with Crippen LogP contribution in [0.4, 0.5) is 10.5 Å². The van der Waals surface area contributed by atoms with Crippen LogP contribution in [-0.2, 0) is 6.42 Å². The highest BCUT2D eigenvalue weighted by atomic mass is 16.2. The van der Waals surface area contributed by atoms with Gasteiger partial charge in [0, 0.05) is 37.7 Å². The van der Waals surface area contributed by atoms with Gasteiger partial charge in [0.05, 0.1) is 0 Å². The van der Waals surface area contributed by atoms with Crippen molar-refractivity contribution in [3.8, 4) is 0 Å². The SMILES string of the molecule is Cc1cnccc1NC(=O)NCC1CCN(CCc2ccccc2)C1. The molecule has 0 spiro atoms. The van der Waals surface area contributed by atoms with Crippen molar-refractivity contribution in [2.45, 2.75) is 19.8 Å². The fraction of sp³-hybridized carbons (Fsp3) is 0.400. The van der Waals surface area contributed by atoms with Crippen LogP contribution in [0.2, 0.25) is 0 Å². The van der Waals surface area contributed by atoms with Crippen LogP contribution in [0.15, 0.2) is 48.8 Å². The molecule has 2 N–H and O–H groups in total. The number of rotatable bonds is 6. The maximum Gasteiger partial charge on any atom is 0.319 e. The zero-order valence-electron chi connectivity index (χ0n) is 14.7. The minimum Gasteiger partial charge on any atom is -0.338 e. The van der Waals surface area contributed by atoms with Crippen molar-refractivity contribution >= 4 is 11.7 Å². The van der Waals surface area contributed by atoms with Crippen LogP contribution in [0, 0.1) is 12.8 Å². The number of urea groups is 1. The highest BCUT2D eigenvalue weighted by molar-refractivity contribution is 5.89. The standard InChI is InChI=1S/C20H26N4O/c1-16-13-21-10-7-19(16)23-20(25)22-14-18-9-12-24(15-18)11-8-17-5-3-2-4-6-17/h2-7,10,13,18H,8-9,11-12,14-15H2,1H3,(H2,21,22,23,25). The van der Waals surface area contributed by atoms with Crippen LogP contribution < -0.4 is 10.6 Å². The summed E-state index contributed by atoms with van der Waals surface area (Å²) < 4.78 is 0. The Kier molecular flexibility index (Phi) is 6.01. The van der Waals surface area contributed by atoms with Crippen LogP contribution in [0.1, 0.15) is 17.5 Å². The minimum absolute atomic E-state index is 0.142. The summed E-state index contributed by atoms with van der Waals surface area (Å²) in [6.45, 7) is 5.91. The first kappa shape index (κ1) is 17.4. The summed E-state index contributed by atoms with van der Waals surface area (Å²) in [5.41, 5.74) is 3.16. The van der Waals surface area contributed by atoms with Crippen molar-refractivity contribution in [2.75, 3.05) is 31.5 Å². The van der Waals surface area contributed by atoms with Gasteiger partial charge < -0.3 is 15.5 Å². The Balaban J connectivity index is 1.37. The molecule has 1 aliphatic heterocycles. The summed E-state index contributed by atoms with van der Waals surface area (Å²) in [5, 5.41) is 5.89.